The Morgan fingerprint density at radius 2 is 1.75 bits per heavy atom. The van der Waals surface area contributed by atoms with Gasteiger partial charge in [-0.05, 0) is 43.2 Å². The van der Waals surface area contributed by atoms with Crippen molar-refractivity contribution in [2.75, 3.05) is 25.0 Å². The normalized spacial score (nSPS) is 13.5. The molecule has 3 rings (SSSR count). The number of hydrogen-bond donors (Lipinski definition) is 1. The third-order valence-electron chi connectivity index (χ3n) is 3.67. The molecule has 0 aliphatic carbocycles. The monoisotopic (exact) mass is 349 g/mol. The number of benzene rings is 2. The van der Waals surface area contributed by atoms with Crippen LogP contribution in [0.5, 0.6) is 17.2 Å². The van der Waals surface area contributed by atoms with E-state index in [9.17, 15) is 8.42 Å². The molecular formula is C17H19NO5S. The summed E-state index contributed by atoms with van der Waals surface area (Å²) in [6.07, 6.45) is 0. The summed E-state index contributed by atoms with van der Waals surface area (Å²) in [5, 5.41) is 0. The zero-order chi connectivity index (χ0) is 17.3. The number of hydrogen-bond acceptors (Lipinski definition) is 5. The number of rotatable bonds is 4. The number of fused-ring (bicyclic) bond motifs is 1. The molecule has 24 heavy (non-hydrogen) atoms. The summed E-state index contributed by atoms with van der Waals surface area (Å²) in [6.45, 7) is 4.56. The van der Waals surface area contributed by atoms with Gasteiger partial charge in [0.1, 0.15) is 23.9 Å². The van der Waals surface area contributed by atoms with Crippen LogP contribution in [0.4, 0.5) is 5.69 Å². The van der Waals surface area contributed by atoms with Gasteiger partial charge in [-0.15, -0.1) is 0 Å². The standard InChI is InChI=1S/C17H19NO5S/c1-11-8-12(2)17(16(9-11)21-3)24(19,20)18-13-4-5-14-15(10-13)23-7-6-22-14/h4-5,8-10,18H,6-7H2,1-3H3. The second kappa shape index (κ2) is 6.24. The van der Waals surface area contributed by atoms with E-state index in [2.05, 4.69) is 4.72 Å². The second-order valence-corrected chi connectivity index (χ2v) is 7.20. The van der Waals surface area contributed by atoms with Crippen molar-refractivity contribution in [2.24, 2.45) is 0 Å². The van der Waals surface area contributed by atoms with Crippen molar-refractivity contribution >= 4 is 15.7 Å². The van der Waals surface area contributed by atoms with Gasteiger partial charge in [-0.3, -0.25) is 4.72 Å². The minimum absolute atomic E-state index is 0.130. The molecule has 2 aromatic carbocycles. The van der Waals surface area contributed by atoms with E-state index in [0.29, 0.717) is 41.7 Å². The predicted molar refractivity (Wildman–Crippen MR) is 90.7 cm³/mol. The van der Waals surface area contributed by atoms with Gasteiger partial charge >= 0.3 is 0 Å². The van der Waals surface area contributed by atoms with Crippen molar-refractivity contribution in [2.45, 2.75) is 18.7 Å². The van der Waals surface area contributed by atoms with E-state index >= 15 is 0 Å². The largest absolute Gasteiger partial charge is 0.495 e. The van der Waals surface area contributed by atoms with Crippen LogP contribution in [0.2, 0.25) is 0 Å². The molecule has 0 atom stereocenters. The molecular weight excluding hydrogens is 330 g/mol. The lowest BCUT2D eigenvalue weighted by molar-refractivity contribution is 0.171. The lowest BCUT2D eigenvalue weighted by Crippen LogP contribution is -2.17. The summed E-state index contributed by atoms with van der Waals surface area (Å²) in [6, 6.07) is 8.45. The lowest BCUT2D eigenvalue weighted by atomic mass is 10.1. The Bertz CT molecular complexity index is 877. The summed E-state index contributed by atoms with van der Waals surface area (Å²) >= 11 is 0. The first-order valence-electron chi connectivity index (χ1n) is 7.48. The van der Waals surface area contributed by atoms with Gasteiger partial charge in [0.2, 0.25) is 0 Å². The fourth-order valence-electron chi connectivity index (χ4n) is 2.72. The Kier molecular flexibility index (Phi) is 4.28. The number of ether oxygens (including phenoxy) is 3. The maximum Gasteiger partial charge on any atom is 0.265 e. The van der Waals surface area contributed by atoms with Crippen LogP contribution in [0.15, 0.2) is 35.2 Å². The van der Waals surface area contributed by atoms with Crippen LogP contribution in [-0.4, -0.2) is 28.7 Å². The van der Waals surface area contributed by atoms with Crippen LogP contribution in [-0.2, 0) is 10.0 Å². The van der Waals surface area contributed by atoms with Crippen molar-refractivity contribution in [3.63, 3.8) is 0 Å². The third kappa shape index (κ3) is 3.12. The van der Waals surface area contributed by atoms with Crippen LogP contribution in [0.3, 0.4) is 0 Å². The van der Waals surface area contributed by atoms with Gasteiger partial charge in [0.15, 0.2) is 11.5 Å². The zero-order valence-corrected chi connectivity index (χ0v) is 14.6. The Labute approximate surface area is 141 Å². The minimum atomic E-state index is -3.80. The molecule has 1 N–H and O–H groups in total. The highest BCUT2D eigenvalue weighted by molar-refractivity contribution is 7.92. The summed E-state index contributed by atoms with van der Waals surface area (Å²) in [5.74, 6) is 1.44. The van der Waals surface area contributed by atoms with Crippen molar-refractivity contribution in [1.82, 2.24) is 0 Å². The molecule has 0 bridgehead atoms. The summed E-state index contributed by atoms with van der Waals surface area (Å²) < 4.78 is 44.4. The molecule has 0 saturated carbocycles. The average Bonchev–Trinajstić information content (AvgIpc) is 2.53. The predicted octanol–water partition coefficient (Wildman–Crippen LogP) is 2.88. The van der Waals surface area contributed by atoms with E-state index in [-0.39, 0.29) is 4.90 Å². The van der Waals surface area contributed by atoms with Crippen LogP contribution in [0, 0.1) is 13.8 Å². The Hall–Kier alpha value is -2.41. The van der Waals surface area contributed by atoms with E-state index in [1.54, 1.807) is 37.3 Å². The van der Waals surface area contributed by atoms with Gasteiger partial charge in [-0.2, -0.15) is 0 Å². The van der Waals surface area contributed by atoms with Gasteiger partial charge in [-0.1, -0.05) is 6.07 Å². The van der Waals surface area contributed by atoms with Gasteiger partial charge in [0.25, 0.3) is 10.0 Å². The molecule has 1 heterocycles. The van der Waals surface area contributed by atoms with E-state index in [1.807, 2.05) is 6.92 Å². The highest BCUT2D eigenvalue weighted by atomic mass is 32.2. The Morgan fingerprint density at radius 3 is 2.46 bits per heavy atom. The molecule has 1 aliphatic heterocycles. The van der Waals surface area contributed by atoms with Gasteiger partial charge < -0.3 is 14.2 Å². The van der Waals surface area contributed by atoms with Crippen molar-refractivity contribution in [1.29, 1.82) is 0 Å². The number of sulfonamides is 1. The topological polar surface area (TPSA) is 73.9 Å². The molecule has 0 amide bonds. The van der Waals surface area contributed by atoms with Crippen molar-refractivity contribution < 1.29 is 22.6 Å². The first-order chi connectivity index (χ1) is 11.4. The first kappa shape index (κ1) is 16.4. The second-order valence-electron chi connectivity index (χ2n) is 5.58. The van der Waals surface area contributed by atoms with Crippen molar-refractivity contribution in [3.8, 4) is 17.2 Å². The maximum absolute atomic E-state index is 12.8. The highest BCUT2D eigenvalue weighted by Crippen LogP contribution is 2.35. The van der Waals surface area contributed by atoms with E-state index < -0.39 is 10.0 Å². The fourth-order valence-corrected chi connectivity index (χ4v) is 4.15. The Balaban J connectivity index is 1.98. The molecule has 2 aromatic rings. The molecule has 7 heteroatoms. The number of nitrogens with one attached hydrogen (secondary N) is 1. The molecule has 0 radical (unpaired) electrons. The van der Waals surface area contributed by atoms with Crippen molar-refractivity contribution in [3.05, 3.63) is 41.5 Å². The van der Waals surface area contributed by atoms with Crippen LogP contribution in [0.1, 0.15) is 11.1 Å². The molecule has 0 saturated heterocycles. The van der Waals surface area contributed by atoms with Crippen LogP contribution < -0.4 is 18.9 Å². The average molecular weight is 349 g/mol. The van der Waals surface area contributed by atoms with Gasteiger partial charge in [-0.25, -0.2) is 8.42 Å². The quantitative estimate of drug-likeness (QED) is 0.919. The van der Waals surface area contributed by atoms with E-state index in [0.717, 1.165) is 5.56 Å². The molecule has 0 aromatic heterocycles. The molecule has 128 valence electrons. The fraction of sp³-hybridized carbons (Fsp3) is 0.294. The molecule has 0 spiro atoms. The first-order valence-corrected chi connectivity index (χ1v) is 8.97. The number of aryl methyl sites for hydroxylation is 2. The van der Waals surface area contributed by atoms with Gasteiger partial charge in [0, 0.05) is 6.07 Å². The van der Waals surface area contributed by atoms with Crippen LogP contribution >= 0.6 is 0 Å². The maximum atomic E-state index is 12.8. The van der Waals surface area contributed by atoms with E-state index in [1.165, 1.54) is 7.11 Å². The minimum Gasteiger partial charge on any atom is -0.495 e. The highest BCUT2D eigenvalue weighted by Gasteiger charge is 2.23. The summed E-state index contributed by atoms with van der Waals surface area (Å²) in [7, 11) is -2.35. The molecule has 0 unspecified atom stereocenters. The van der Waals surface area contributed by atoms with Gasteiger partial charge in [0.05, 0.1) is 12.8 Å². The smallest absolute Gasteiger partial charge is 0.265 e. The summed E-state index contributed by atoms with van der Waals surface area (Å²) in [5.41, 5.74) is 1.96. The lowest BCUT2D eigenvalue weighted by Gasteiger charge is -2.19. The molecule has 1 aliphatic rings. The molecule has 6 nitrogen and oxygen atoms in total. The summed E-state index contributed by atoms with van der Waals surface area (Å²) in [4.78, 5) is 0.130. The zero-order valence-electron chi connectivity index (χ0n) is 13.8. The Morgan fingerprint density at radius 1 is 1.04 bits per heavy atom. The van der Waals surface area contributed by atoms with E-state index in [4.69, 9.17) is 14.2 Å². The van der Waals surface area contributed by atoms with Crippen LogP contribution in [0.25, 0.3) is 0 Å². The number of anilines is 1. The molecule has 0 fully saturated rings. The number of methoxy groups -OCH3 is 1. The third-order valence-corrected chi connectivity index (χ3v) is 5.23. The SMILES string of the molecule is COc1cc(C)cc(C)c1S(=O)(=O)Nc1ccc2c(c1)OCCO2.